The molecule has 0 aliphatic carbocycles. The van der Waals surface area contributed by atoms with Crippen molar-refractivity contribution in [3.63, 3.8) is 0 Å². The second kappa shape index (κ2) is 4.26. The van der Waals surface area contributed by atoms with Crippen molar-refractivity contribution in [2.45, 2.75) is 13.8 Å². The molecule has 0 fully saturated rings. The Bertz CT molecular complexity index is 581. The van der Waals surface area contributed by atoms with Gasteiger partial charge in [0.25, 0.3) is 5.91 Å². The summed E-state index contributed by atoms with van der Waals surface area (Å²) in [6, 6.07) is 1.90. The molecule has 0 spiro atoms. The number of hydrogen-bond acceptors (Lipinski definition) is 4. The average molecular weight is 226 g/mol. The number of amides is 1. The summed E-state index contributed by atoms with van der Waals surface area (Å²) in [5.74, 6) is -1.26. The molecule has 0 aromatic carbocycles. The molecular formula is C12H10N4O. The van der Waals surface area contributed by atoms with E-state index in [0.717, 1.165) is 11.4 Å². The number of carbonyl (C=O) groups excluding carboxylic acids is 1. The minimum atomic E-state index is -0.822. The molecule has 1 aliphatic rings. The third-order valence-corrected chi connectivity index (χ3v) is 2.43. The Morgan fingerprint density at radius 3 is 2.88 bits per heavy atom. The lowest BCUT2D eigenvalue weighted by atomic mass is 10.0. The first-order valence-electron chi connectivity index (χ1n) is 5.12. The molecule has 1 aromatic heterocycles. The minimum absolute atomic E-state index is 0.436. The zero-order chi connectivity index (χ0) is 12.4. The first-order chi connectivity index (χ1) is 8.11. The van der Waals surface area contributed by atoms with Gasteiger partial charge in [-0.2, -0.15) is 5.26 Å². The van der Waals surface area contributed by atoms with Crippen molar-refractivity contribution in [2.75, 3.05) is 0 Å². The van der Waals surface area contributed by atoms with Crippen LogP contribution in [0.5, 0.6) is 0 Å². The molecule has 5 nitrogen and oxygen atoms in total. The predicted octanol–water partition coefficient (Wildman–Crippen LogP) is 1.23. The van der Waals surface area contributed by atoms with Gasteiger partial charge in [0, 0.05) is 18.0 Å². The number of allylic oxidation sites excluding steroid dienone is 1. The molecular weight excluding hydrogens is 216 g/mol. The Morgan fingerprint density at radius 2 is 2.18 bits per heavy atom. The van der Waals surface area contributed by atoms with Gasteiger partial charge < -0.3 is 0 Å². The fraction of sp³-hybridized carbons (Fsp3) is 0.250. The fourth-order valence-electron chi connectivity index (χ4n) is 1.55. The molecule has 0 bridgehead atoms. The van der Waals surface area contributed by atoms with Crippen LogP contribution in [0.2, 0.25) is 0 Å². The van der Waals surface area contributed by atoms with E-state index < -0.39 is 11.8 Å². The van der Waals surface area contributed by atoms with Crippen LogP contribution in [0.4, 0.5) is 0 Å². The van der Waals surface area contributed by atoms with Crippen LogP contribution in [0.25, 0.3) is 5.57 Å². The van der Waals surface area contributed by atoms with Gasteiger partial charge in [-0.15, -0.1) is 0 Å². The molecule has 0 radical (unpaired) electrons. The topological polar surface area (TPSA) is 79.0 Å². The molecule has 0 saturated heterocycles. The van der Waals surface area contributed by atoms with Gasteiger partial charge in [-0.25, -0.2) is 9.98 Å². The van der Waals surface area contributed by atoms with E-state index >= 15 is 0 Å². The van der Waals surface area contributed by atoms with Crippen molar-refractivity contribution in [3.8, 4) is 6.07 Å². The van der Waals surface area contributed by atoms with Gasteiger partial charge >= 0.3 is 0 Å². The highest BCUT2D eigenvalue weighted by molar-refractivity contribution is 6.16. The zero-order valence-electron chi connectivity index (χ0n) is 9.51. The van der Waals surface area contributed by atoms with Gasteiger partial charge in [-0.3, -0.25) is 9.78 Å². The first kappa shape index (κ1) is 11.1. The number of aliphatic imine (C=N–C) groups is 1. The SMILES string of the molecule is Cc1cnc(C)c(C2=CC(C#N)C(=O)N=C2)n1. The van der Waals surface area contributed by atoms with Crippen molar-refractivity contribution in [2.24, 2.45) is 10.9 Å². The standard InChI is InChI=1S/C12H10N4O/c1-7-5-14-8(2)11(16-7)10-3-9(4-13)12(17)15-6-10/h3,5-6,9H,1-2H3. The number of aromatic nitrogens is 2. The van der Waals surface area contributed by atoms with Gasteiger partial charge in [0.2, 0.25) is 0 Å². The molecule has 1 atom stereocenters. The van der Waals surface area contributed by atoms with Crippen LogP contribution >= 0.6 is 0 Å². The van der Waals surface area contributed by atoms with Crippen LogP contribution in [0, 0.1) is 31.1 Å². The second-order valence-corrected chi connectivity index (χ2v) is 3.77. The van der Waals surface area contributed by atoms with E-state index in [0.29, 0.717) is 11.3 Å². The maximum absolute atomic E-state index is 11.3. The highest BCUT2D eigenvalue weighted by Crippen LogP contribution is 2.19. The van der Waals surface area contributed by atoms with E-state index in [-0.39, 0.29) is 0 Å². The number of rotatable bonds is 1. The van der Waals surface area contributed by atoms with Crippen LogP contribution in [-0.2, 0) is 4.79 Å². The second-order valence-electron chi connectivity index (χ2n) is 3.77. The Morgan fingerprint density at radius 1 is 1.41 bits per heavy atom. The summed E-state index contributed by atoms with van der Waals surface area (Å²) in [6.07, 6.45) is 4.69. The lowest BCUT2D eigenvalue weighted by molar-refractivity contribution is -0.118. The normalized spacial score (nSPS) is 18.8. The molecule has 0 N–H and O–H groups in total. The summed E-state index contributed by atoms with van der Waals surface area (Å²) >= 11 is 0. The molecule has 1 aliphatic heterocycles. The highest BCUT2D eigenvalue weighted by Gasteiger charge is 2.20. The van der Waals surface area contributed by atoms with E-state index in [1.54, 1.807) is 12.3 Å². The number of aryl methyl sites for hydroxylation is 2. The quantitative estimate of drug-likeness (QED) is 0.721. The third-order valence-electron chi connectivity index (χ3n) is 2.43. The minimum Gasteiger partial charge on any atom is -0.271 e. The van der Waals surface area contributed by atoms with Crippen LogP contribution in [0.3, 0.4) is 0 Å². The summed E-state index contributed by atoms with van der Waals surface area (Å²) < 4.78 is 0. The number of carbonyl (C=O) groups is 1. The number of hydrogen-bond donors (Lipinski definition) is 0. The molecule has 5 heteroatoms. The van der Waals surface area contributed by atoms with Crippen molar-refractivity contribution >= 4 is 17.7 Å². The molecule has 2 rings (SSSR count). The maximum atomic E-state index is 11.3. The number of nitriles is 1. The number of nitrogens with zero attached hydrogens (tertiary/aromatic N) is 4. The van der Waals surface area contributed by atoms with E-state index in [1.165, 1.54) is 6.21 Å². The van der Waals surface area contributed by atoms with Crippen LogP contribution < -0.4 is 0 Å². The fourth-order valence-corrected chi connectivity index (χ4v) is 1.55. The monoisotopic (exact) mass is 226 g/mol. The number of dihydropyridines is 1. The summed E-state index contributed by atoms with van der Waals surface area (Å²) in [5.41, 5.74) is 2.87. The Hall–Kier alpha value is -2.35. The molecule has 2 heterocycles. The highest BCUT2D eigenvalue weighted by atomic mass is 16.1. The smallest absolute Gasteiger partial charge is 0.266 e. The van der Waals surface area contributed by atoms with Crippen LogP contribution in [-0.4, -0.2) is 22.1 Å². The summed E-state index contributed by atoms with van der Waals surface area (Å²) in [7, 11) is 0. The summed E-state index contributed by atoms with van der Waals surface area (Å²) in [4.78, 5) is 23.5. The third kappa shape index (κ3) is 2.11. The van der Waals surface area contributed by atoms with Crippen molar-refractivity contribution < 1.29 is 4.79 Å². The lowest BCUT2D eigenvalue weighted by Crippen LogP contribution is -2.14. The van der Waals surface area contributed by atoms with Gasteiger partial charge in [-0.1, -0.05) is 0 Å². The zero-order valence-corrected chi connectivity index (χ0v) is 9.51. The molecule has 1 unspecified atom stereocenters. The molecule has 1 amide bonds. The van der Waals surface area contributed by atoms with E-state index in [4.69, 9.17) is 5.26 Å². The summed E-state index contributed by atoms with van der Waals surface area (Å²) in [5, 5.41) is 8.82. The van der Waals surface area contributed by atoms with Gasteiger partial charge in [0.1, 0.15) is 5.92 Å². The predicted molar refractivity (Wildman–Crippen MR) is 62.1 cm³/mol. The first-order valence-corrected chi connectivity index (χ1v) is 5.12. The van der Waals surface area contributed by atoms with Crippen LogP contribution in [0.1, 0.15) is 17.1 Å². The van der Waals surface area contributed by atoms with Crippen molar-refractivity contribution in [3.05, 3.63) is 29.4 Å². The van der Waals surface area contributed by atoms with Gasteiger partial charge in [-0.05, 0) is 19.9 Å². The van der Waals surface area contributed by atoms with Gasteiger partial charge in [0.05, 0.1) is 23.2 Å². The maximum Gasteiger partial charge on any atom is 0.266 e. The van der Waals surface area contributed by atoms with Crippen molar-refractivity contribution in [1.29, 1.82) is 5.26 Å². The summed E-state index contributed by atoms with van der Waals surface area (Å²) in [6.45, 7) is 3.66. The van der Waals surface area contributed by atoms with E-state index in [1.807, 2.05) is 19.9 Å². The van der Waals surface area contributed by atoms with Crippen molar-refractivity contribution in [1.82, 2.24) is 9.97 Å². The van der Waals surface area contributed by atoms with E-state index in [2.05, 4.69) is 15.0 Å². The van der Waals surface area contributed by atoms with Crippen LogP contribution in [0.15, 0.2) is 17.3 Å². The van der Waals surface area contributed by atoms with E-state index in [9.17, 15) is 4.79 Å². The Labute approximate surface area is 98.5 Å². The molecule has 0 saturated carbocycles. The van der Waals surface area contributed by atoms with Gasteiger partial charge in [0.15, 0.2) is 0 Å². The molecule has 1 aromatic rings. The Balaban J connectivity index is 2.48. The lowest BCUT2D eigenvalue weighted by Gasteiger charge is -2.10. The Kier molecular flexibility index (Phi) is 2.79. The molecule has 84 valence electrons. The largest absolute Gasteiger partial charge is 0.271 e. The average Bonchev–Trinajstić information content (AvgIpc) is 2.33. The molecule has 17 heavy (non-hydrogen) atoms.